The van der Waals surface area contributed by atoms with E-state index in [0.29, 0.717) is 5.25 Å². The highest BCUT2D eigenvalue weighted by atomic mass is 32.2. The first kappa shape index (κ1) is 25.0. The monoisotopic (exact) mass is 437 g/mol. The first-order chi connectivity index (χ1) is 14.2. The summed E-state index contributed by atoms with van der Waals surface area (Å²) in [4.78, 5) is 12.5. The summed E-state index contributed by atoms with van der Waals surface area (Å²) < 4.78 is 18.1. The van der Waals surface area contributed by atoms with Gasteiger partial charge in [-0.25, -0.2) is 4.79 Å². The van der Waals surface area contributed by atoms with Crippen LogP contribution in [-0.2, 0) is 20.8 Å². The molecule has 0 aromatic heterocycles. The van der Waals surface area contributed by atoms with Crippen molar-refractivity contribution in [2.45, 2.75) is 96.7 Å². The van der Waals surface area contributed by atoms with Crippen LogP contribution >= 0.6 is 11.8 Å². The molecular formula is C24H39NO4S. The van der Waals surface area contributed by atoms with Crippen LogP contribution in [0.15, 0.2) is 30.3 Å². The molecule has 5 nitrogen and oxygen atoms in total. The lowest BCUT2D eigenvalue weighted by Crippen LogP contribution is -2.53. The molecular weight excluding hydrogens is 398 g/mol. The predicted octanol–water partition coefficient (Wildman–Crippen LogP) is 5.77. The molecule has 0 radical (unpaired) electrons. The van der Waals surface area contributed by atoms with Gasteiger partial charge in [0.15, 0.2) is 5.79 Å². The second-order valence-corrected chi connectivity index (χ2v) is 10.6. The van der Waals surface area contributed by atoms with Crippen molar-refractivity contribution in [1.29, 1.82) is 0 Å². The summed E-state index contributed by atoms with van der Waals surface area (Å²) in [6, 6.07) is 9.81. The highest BCUT2D eigenvalue weighted by Crippen LogP contribution is 2.40. The number of amides is 1. The van der Waals surface area contributed by atoms with Crippen LogP contribution in [0.25, 0.3) is 0 Å². The third-order valence-electron chi connectivity index (χ3n) is 5.04. The van der Waals surface area contributed by atoms with Crippen molar-refractivity contribution in [3.8, 4) is 0 Å². The zero-order chi connectivity index (χ0) is 22.1. The summed E-state index contributed by atoms with van der Waals surface area (Å²) in [7, 11) is 0. The van der Waals surface area contributed by atoms with Crippen LogP contribution in [0.4, 0.5) is 4.79 Å². The van der Waals surface area contributed by atoms with E-state index in [9.17, 15) is 4.79 Å². The van der Waals surface area contributed by atoms with E-state index < -0.39 is 5.79 Å². The van der Waals surface area contributed by atoms with Crippen molar-refractivity contribution in [3.05, 3.63) is 35.9 Å². The molecule has 0 spiro atoms. The average molecular weight is 438 g/mol. The minimum Gasteiger partial charge on any atom is -0.445 e. The van der Waals surface area contributed by atoms with E-state index in [-0.39, 0.29) is 36.9 Å². The third-order valence-corrected chi connectivity index (χ3v) is 6.33. The zero-order valence-electron chi connectivity index (χ0n) is 19.4. The van der Waals surface area contributed by atoms with Crippen molar-refractivity contribution in [2.75, 3.05) is 5.75 Å². The molecule has 0 bridgehead atoms. The van der Waals surface area contributed by atoms with E-state index in [4.69, 9.17) is 14.2 Å². The van der Waals surface area contributed by atoms with E-state index in [1.165, 1.54) is 0 Å². The quantitative estimate of drug-likeness (QED) is 0.471. The molecule has 1 aliphatic carbocycles. The van der Waals surface area contributed by atoms with Crippen molar-refractivity contribution in [3.63, 3.8) is 0 Å². The summed E-state index contributed by atoms with van der Waals surface area (Å²) in [6.07, 6.45) is 2.15. The van der Waals surface area contributed by atoms with Gasteiger partial charge in [-0.2, -0.15) is 11.8 Å². The molecule has 1 amide bonds. The van der Waals surface area contributed by atoms with Gasteiger partial charge in [0.2, 0.25) is 0 Å². The van der Waals surface area contributed by atoms with Crippen molar-refractivity contribution < 1.29 is 19.0 Å². The minimum absolute atomic E-state index is 0.0548. The van der Waals surface area contributed by atoms with E-state index in [0.717, 1.165) is 30.6 Å². The Kier molecular flexibility index (Phi) is 9.98. The van der Waals surface area contributed by atoms with Gasteiger partial charge in [-0.3, -0.25) is 0 Å². The van der Waals surface area contributed by atoms with Gasteiger partial charge in [-0.15, -0.1) is 0 Å². The maximum absolute atomic E-state index is 12.5. The van der Waals surface area contributed by atoms with Crippen LogP contribution in [-0.4, -0.2) is 41.1 Å². The lowest BCUT2D eigenvalue weighted by atomic mass is 9.81. The molecule has 2 rings (SSSR count). The summed E-state index contributed by atoms with van der Waals surface area (Å²) in [5.74, 6) is 0.621. The number of carbonyl (C=O) groups is 1. The molecule has 0 heterocycles. The number of nitrogens with one attached hydrogen (secondary N) is 1. The number of hydrogen-bond donors (Lipinski definition) is 1. The number of ether oxygens (including phenoxy) is 3. The summed E-state index contributed by atoms with van der Waals surface area (Å²) in [6.45, 7) is 12.9. The Balaban J connectivity index is 2.03. The van der Waals surface area contributed by atoms with Crippen molar-refractivity contribution in [2.24, 2.45) is 5.92 Å². The maximum Gasteiger partial charge on any atom is 0.407 e. The highest BCUT2D eigenvalue weighted by molar-refractivity contribution is 7.99. The molecule has 0 unspecified atom stereocenters. The molecule has 0 aliphatic heterocycles. The number of alkyl carbamates (subject to hydrolysis) is 1. The maximum atomic E-state index is 12.5. The van der Waals surface area contributed by atoms with Gasteiger partial charge in [0.25, 0.3) is 0 Å². The summed E-state index contributed by atoms with van der Waals surface area (Å²) >= 11 is 1.91. The Hall–Kier alpha value is -1.24. The van der Waals surface area contributed by atoms with Gasteiger partial charge in [-0.05, 0) is 56.6 Å². The van der Waals surface area contributed by atoms with Gasteiger partial charge in [0.1, 0.15) is 6.61 Å². The number of thioether (sulfide) groups is 1. The largest absolute Gasteiger partial charge is 0.445 e. The number of hydrogen-bond acceptors (Lipinski definition) is 5. The molecule has 2 atom stereocenters. The lowest BCUT2D eigenvalue weighted by Gasteiger charge is -2.46. The molecule has 1 aliphatic rings. The molecule has 1 N–H and O–H groups in total. The Bertz CT molecular complexity index is 625. The summed E-state index contributed by atoms with van der Waals surface area (Å²) in [5.41, 5.74) is 0.984. The van der Waals surface area contributed by atoms with Crippen LogP contribution < -0.4 is 5.32 Å². The van der Waals surface area contributed by atoms with Crippen LogP contribution in [0.2, 0.25) is 0 Å². The number of rotatable bonds is 10. The van der Waals surface area contributed by atoms with E-state index in [2.05, 4.69) is 46.9 Å². The topological polar surface area (TPSA) is 56.8 Å². The zero-order valence-corrected chi connectivity index (χ0v) is 20.2. The van der Waals surface area contributed by atoms with Gasteiger partial charge >= 0.3 is 6.09 Å². The fourth-order valence-corrected chi connectivity index (χ4v) is 4.94. The summed E-state index contributed by atoms with van der Waals surface area (Å²) in [5, 5.41) is 3.65. The van der Waals surface area contributed by atoms with Gasteiger partial charge in [0.05, 0.1) is 12.2 Å². The van der Waals surface area contributed by atoms with Gasteiger partial charge in [-0.1, -0.05) is 44.2 Å². The minimum atomic E-state index is -0.587. The Morgan fingerprint density at radius 1 is 1.10 bits per heavy atom. The van der Waals surface area contributed by atoms with Crippen molar-refractivity contribution in [1.82, 2.24) is 5.32 Å². The van der Waals surface area contributed by atoms with E-state index in [1.54, 1.807) is 0 Å². The van der Waals surface area contributed by atoms with Crippen molar-refractivity contribution >= 4 is 17.9 Å². The van der Waals surface area contributed by atoms with Gasteiger partial charge < -0.3 is 19.5 Å². The standard InChI is InChI=1S/C24H39NO4S/c1-17(2)28-24(29-18(3)4)13-12-22(21(14-24)16-30-19(5)6)25-23(26)27-15-20-10-8-7-9-11-20/h7-11,17-19,21-22H,12-16H2,1-6H3,(H,25,26)/t21-,22+/m0/s1. The fourth-order valence-electron chi connectivity index (χ4n) is 3.95. The molecule has 0 saturated heterocycles. The van der Waals surface area contributed by atoms with E-state index >= 15 is 0 Å². The highest BCUT2D eigenvalue weighted by Gasteiger charge is 2.44. The van der Waals surface area contributed by atoms with Crippen LogP contribution in [0, 0.1) is 5.92 Å². The molecule has 6 heteroatoms. The number of benzene rings is 1. The SMILES string of the molecule is CC(C)OC1(OC(C)C)CC[C@@H](NC(=O)OCc2ccccc2)[C@H](CSC(C)C)C1. The lowest BCUT2D eigenvalue weighted by molar-refractivity contribution is -0.288. The first-order valence-corrected chi connectivity index (χ1v) is 12.2. The van der Waals surface area contributed by atoms with Gasteiger partial charge in [0, 0.05) is 18.9 Å². The molecule has 1 fully saturated rings. The molecule has 1 aromatic carbocycles. The average Bonchev–Trinajstić information content (AvgIpc) is 2.66. The molecule has 1 aromatic rings. The van der Waals surface area contributed by atoms with Crippen LogP contribution in [0.1, 0.15) is 66.4 Å². The molecule has 170 valence electrons. The Labute approximate surface area is 186 Å². The smallest absolute Gasteiger partial charge is 0.407 e. The second-order valence-electron chi connectivity index (χ2n) is 8.94. The molecule has 1 saturated carbocycles. The first-order valence-electron chi connectivity index (χ1n) is 11.1. The Morgan fingerprint density at radius 3 is 2.30 bits per heavy atom. The third kappa shape index (κ3) is 8.48. The van der Waals surface area contributed by atoms with Crippen LogP contribution in [0.5, 0.6) is 0 Å². The second kappa shape index (κ2) is 12.0. The normalized spacial score (nSPS) is 21.2. The fraction of sp³-hybridized carbons (Fsp3) is 0.708. The van der Waals surface area contributed by atoms with Crippen LogP contribution in [0.3, 0.4) is 0 Å². The predicted molar refractivity (Wildman–Crippen MR) is 124 cm³/mol. The number of carbonyl (C=O) groups excluding carboxylic acids is 1. The molecule has 30 heavy (non-hydrogen) atoms. The Morgan fingerprint density at radius 2 is 1.73 bits per heavy atom. The van der Waals surface area contributed by atoms with E-state index in [1.807, 2.05) is 42.1 Å².